The van der Waals surface area contributed by atoms with Gasteiger partial charge in [0.25, 0.3) is 0 Å². The summed E-state index contributed by atoms with van der Waals surface area (Å²) in [6.07, 6.45) is -3.08. The number of furan rings is 1. The molecule has 3 rings (SSSR count). The highest BCUT2D eigenvalue weighted by molar-refractivity contribution is 6.31. The first-order valence-corrected chi connectivity index (χ1v) is 7.74. The molecular weight excluding hydrogens is 375 g/mol. The number of amides is 1. The Morgan fingerprint density at radius 3 is 2.77 bits per heavy atom. The second-order valence-corrected chi connectivity index (χ2v) is 5.64. The summed E-state index contributed by atoms with van der Waals surface area (Å²) in [7, 11) is 0. The van der Waals surface area contributed by atoms with Crippen molar-refractivity contribution >= 4 is 23.2 Å². The van der Waals surface area contributed by atoms with Crippen LogP contribution in [0.4, 0.5) is 18.9 Å². The van der Waals surface area contributed by atoms with Gasteiger partial charge in [-0.3, -0.25) is 4.79 Å². The van der Waals surface area contributed by atoms with Gasteiger partial charge < -0.3 is 14.3 Å². The summed E-state index contributed by atoms with van der Waals surface area (Å²) in [5.41, 5.74) is -1.02. The minimum atomic E-state index is -4.61. The lowest BCUT2D eigenvalue weighted by molar-refractivity contribution is -0.137. The first-order chi connectivity index (χ1) is 12.3. The number of nitrogens with one attached hydrogen (secondary N) is 1. The highest BCUT2D eigenvalue weighted by Crippen LogP contribution is 2.36. The number of hydrogen-bond acceptors (Lipinski definition) is 5. The zero-order chi connectivity index (χ0) is 18.7. The zero-order valence-corrected chi connectivity index (χ0v) is 13.8. The van der Waals surface area contributed by atoms with Crippen molar-refractivity contribution in [3.8, 4) is 11.6 Å². The van der Waals surface area contributed by atoms with E-state index in [9.17, 15) is 18.0 Å². The van der Waals surface area contributed by atoms with Gasteiger partial charge in [-0.1, -0.05) is 16.8 Å². The molecule has 0 unspecified atom stereocenters. The van der Waals surface area contributed by atoms with Crippen LogP contribution in [-0.4, -0.2) is 16.0 Å². The molecule has 1 aromatic carbocycles. The molecule has 0 aliphatic heterocycles. The number of aryl methyl sites for hydroxylation is 1. The standard InChI is InChI=1S/C16H11ClF3N3O3/c17-11-4-3-9(8-10(11)16(18,19)20)21-13(24)5-6-14-22-15(23-26-14)12-2-1-7-25-12/h1-4,7-8H,5-6H2,(H,21,24). The van der Waals surface area contributed by atoms with Crippen LogP contribution in [0.2, 0.25) is 5.02 Å². The van der Waals surface area contributed by atoms with Crippen LogP contribution in [0.15, 0.2) is 45.5 Å². The van der Waals surface area contributed by atoms with Crippen LogP contribution in [-0.2, 0) is 17.4 Å². The lowest BCUT2D eigenvalue weighted by Crippen LogP contribution is -2.14. The smallest absolute Gasteiger partial charge is 0.417 e. The highest BCUT2D eigenvalue weighted by atomic mass is 35.5. The highest BCUT2D eigenvalue weighted by Gasteiger charge is 2.33. The normalized spacial score (nSPS) is 11.5. The molecule has 0 saturated carbocycles. The van der Waals surface area contributed by atoms with E-state index in [4.69, 9.17) is 20.5 Å². The molecule has 3 aromatic rings. The molecule has 0 aliphatic carbocycles. The molecule has 6 nitrogen and oxygen atoms in total. The Hall–Kier alpha value is -2.81. The minimum Gasteiger partial charge on any atom is -0.461 e. The van der Waals surface area contributed by atoms with Crippen molar-refractivity contribution in [2.45, 2.75) is 19.0 Å². The molecule has 10 heteroatoms. The third-order valence-corrected chi connectivity index (χ3v) is 3.66. The van der Waals surface area contributed by atoms with Crippen LogP contribution in [0, 0.1) is 0 Å². The maximum atomic E-state index is 12.8. The lowest BCUT2D eigenvalue weighted by atomic mass is 10.2. The molecule has 0 spiro atoms. The van der Waals surface area contributed by atoms with E-state index in [-0.39, 0.29) is 30.2 Å². The predicted molar refractivity (Wildman–Crippen MR) is 85.4 cm³/mol. The Morgan fingerprint density at radius 1 is 1.27 bits per heavy atom. The van der Waals surface area contributed by atoms with Crippen molar-refractivity contribution < 1.29 is 26.9 Å². The number of hydrogen-bond donors (Lipinski definition) is 1. The fourth-order valence-corrected chi connectivity index (χ4v) is 2.35. The number of carbonyl (C=O) groups is 1. The SMILES string of the molecule is O=C(CCc1nc(-c2ccco2)no1)Nc1ccc(Cl)c(C(F)(F)F)c1. The monoisotopic (exact) mass is 385 g/mol. The minimum absolute atomic E-state index is 0.00599. The third kappa shape index (κ3) is 4.23. The first kappa shape index (κ1) is 18.0. The van der Waals surface area contributed by atoms with Crippen LogP contribution in [0.25, 0.3) is 11.6 Å². The van der Waals surface area contributed by atoms with Crippen molar-refractivity contribution in [1.82, 2.24) is 10.1 Å². The third-order valence-electron chi connectivity index (χ3n) is 3.33. The molecule has 0 aliphatic rings. The largest absolute Gasteiger partial charge is 0.461 e. The van der Waals surface area contributed by atoms with Crippen LogP contribution < -0.4 is 5.32 Å². The van der Waals surface area contributed by atoms with Gasteiger partial charge in [0.2, 0.25) is 17.6 Å². The molecule has 0 bridgehead atoms. The summed E-state index contributed by atoms with van der Waals surface area (Å²) in [5.74, 6) is 0.375. The van der Waals surface area contributed by atoms with Crippen molar-refractivity contribution in [3.05, 3.63) is 53.1 Å². The number of anilines is 1. The molecule has 26 heavy (non-hydrogen) atoms. The summed E-state index contributed by atoms with van der Waals surface area (Å²) in [4.78, 5) is 16.0. The van der Waals surface area contributed by atoms with E-state index >= 15 is 0 Å². The molecule has 0 fully saturated rings. The number of carbonyl (C=O) groups excluding carboxylic acids is 1. The quantitative estimate of drug-likeness (QED) is 0.695. The van der Waals surface area contributed by atoms with Gasteiger partial charge in [-0.15, -0.1) is 0 Å². The average molecular weight is 386 g/mol. The topological polar surface area (TPSA) is 81.2 Å². The number of benzene rings is 1. The van der Waals surface area contributed by atoms with Gasteiger partial charge in [-0.25, -0.2) is 0 Å². The van der Waals surface area contributed by atoms with Crippen molar-refractivity contribution in [1.29, 1.82) is 0 Å². The lowest BCUT2D eigenvalue weighted by Gasteiger charge is -2.11. The van der Waals surface area contributed by atoms with Crippen molar-refractivity contribution in [2.24, 2.45) is 0 Å². The molecule has 0 atom stereocenters. The fourth-order valence-electron chi connectivity index (χ4n) is 2.13. The Kier molecular flexibility index (Phi) is 4.99. The van der Waals surface area contributed by atoms with Gasteiger partial charge in [-0.2, -0.15) is 18.2 Å². The van der Waals surface area contributed by atoms with Gasteiger partial charge in [0, 0.05) is 18.5 Å². The molecule has 0 saturated heterocycles. The van der Waals surface area contributed by atoms with E-state index in [2.05, 4.69) is 15.5 Å². The Labute approximate surface area is 149 Å². The predicted octanol–water partition coefficient (Wildman–Crippen LogP) is 4.57. The van der Waals surface area contributed by atoms with E-state index in [1.165, 1.54) is 12.3 Å². The van der Waals surface area contributed by atoms with Crippen molar-refractivity contribution in [3.63, 3.8) is 0 Å². The summed E-state index contributed by atoms with van der Waals surface area (Å²) >= 11 is 5.54. The summed E-state index contributed by atoms with van der Waals surface area (Å²) in [6, 6.07) is 6.47. The van der Waals surface area contributed by atoms with Crippen LogP contribution in [0.1, 0.15) is 17.9 Å². The number of rotatable bonds is 5. The van der Waals surface area contributed by atoms with Crippen LogP contribution >= 0.6 is 11.6 Å². The number of nitrogens with zero attached hydrogens (tertiary/aromatic N) is 2. The van der Waals surface area contributed by atoms with E-state index in [0.717, 1.165) is 12.1 Å². The Bertz CT molecular complexity index is 907. The molecule has 0 radical (unpaired) electrons. The molecule has 2 aromatic heterocycles. The van der Waals surface area contributed by atoms with Crippen LogP contribution in [0.5, 0.6) is 0 Å². The second-order valence-electron chi connectivity index (χ2n) is 5.23. The molecule has 1 N–H and O–H groups in total. The average Bonchev–Trinajstić information content (AvgIpc) is 3.25. The van der Waals surface area contributed by atoms with Gasteiger partial charge >= 0.3 is 6.18 Å². The Balaban J connectivity index is 1.60. The number of alkyl halides is 3. The maximum absolute atomic E-state index is 12.8. The number of aromatic nitrogens is 2. The van der Waals surface area contributed by atoms with E-state index in [1.54, 1.807) is 12.1 Å². The van der Waals surface area contributed by atoms with E-state index < -0.39 is 22.7 Å². The van der Waals surface area contributed by atoms with E-state index in [0.29, 0.717) is 5.76 Å². The second kappa shape index (κ2) is 7.20. The van der Waals surface area contributed by atoms with Gasteiger partial charge in [-0.05, 0) is 30.3 Å². The molecule has 136 valence electrons. The van der Waals surface area contributed by atoms with Crippen LogP contribution in [0.3, 0.4) is 0 Å². The molecular formula is C16H11ClF3N3O3. The first-order valence-electron chi connectivity index (χ1n) is 7.36. The van der Waals surface area contributed by atoms with Gasteiger partial charge in [0.1, 0.15) is 0 Å². The van der Waals surface area contributed by atoms with Gasteiger partial charge in [0.15, 0.2) is 5.76 Å². The summed E-state index contributed by atoms with van der Waals surface area (Å²) < 4.78 is 48.6. The maximum Gasteiger partial charge on any atom is 0.417 e. The fraction of sp³-hybridized carbons (Fsp3) is 0.188. The Morgan fingerprint density at radius 2 is 2.08 bits per heavy atom. The van der Waals surface area contributed by atoms with E-state index in [1.807, 2.05) is 0 Å². The zero-order valence-electron chi connectivity index (χ0n) is 13.0. The number of halogens is 4. The van der Waals surface area contributed by atoms with Crippen molar-refractivity contribution in [2.75, 3.05) is 5.32 Å². The summed E-state index contributed by atoms with van der Waals surface area (Å²) in [5, 5.41) is 5.66. The van der Waals surface area contributed by atoms with Gasteiger partial charge in [0.05, 0.1) is 16.8 Å². The molecule has 1 amide bonds. The molecule has 2 heterocycles. The summed E-state index contributed by atoms with van der Waals surface area (Å²) in [6.45, 7) is 0.